The van der Waals surface area contributed by atoms with Crippen molar-refractivity contribution in [1.82, 2.24) is 25.2 Å². The Labute approximate surface area is 214 Å². The minimum Gasteiger partial charge on any atom is -0.692 e. The van der Waals surface area contributed by atoms with E-state index in [2.05, 4.69) is 31.0 Å². The first-order chi connectivity index (χ1) is 17.6. The predicted octanol–water partition coefficient (Wildman–Crippen LogP) is 2.39. The molecule has 0 unspecified atom stereocenters. The third-order valence-corrected chi connectivity index (χ3v) is 5.73. The lowest BCUT2D eigenvalue weighted by Crippen LogP contribution is -2.50. The summed E-state index contributed by atoms with van der Waals surface area (Å²) in [5.74, 6) is -0.224. The zero-order chi connectivity index (χ0) is 26.6. The average Bonchev–Trinajstić information content (AvgIpc) is 3.25. The molecule has 13 heteroatoms. The number of hydrogen-bond donors (Lipinski definition) is 4. The Hall–Kier alpha value is -4.42. The molecule has 196 valence electrons. The summed E-state index contributed by atoms with van der Waals surface area (Å²) in [5, 5.41) is 25.2. The monoisotopic (exact) mass is 509 g/mol. The van der Waals surface area contributed by atoms with Gasteiger partial charge in [0.2, 0.25) is 12.1 Å². The first kappa shape index (κ1) is 25.7. The number of benzene rings is 1. The summed E-state index contributed by atoms with van der Waals surface area (Å²) < 4.78 is 5.41. The molecule has 4 rings (SSSR count). The van der Waals surface area contributed by atoms with Crippen LogP contribution in [0.5, 0.6) is 0 Å². The number of hydrogen-bond acceptors (Lipinski definition) is 9. The highest BCUT2D eigenvalue weighted by molar-refractivity contribution is 5.98. The standard InChI is InChI=1S/C24H31N9O4/c1-24(2,3)37-23(35)30-19-10-5-4-9-18(19)29-22-26-14-17(20(25)34)21(31-22)28-15-7-6-8-16(13-15)33-27-11-12-32(33)36/h6-8,11-14,18-19H,4-5,9-10H2,1-3H3,(H2,25,34)(H,30,35)(H2,26,28,29,31)/t18-,19+/m1/s1. The van der Waals surface area contributed by atoms with Crippen molar-refractivity contribution < 1.29 is 19.2 Å². The van der Waals surface area contributed by atoms with Crippen LogP contribution in [-0.4, -0.2) is 49.5 Å². The molecule has 2 aromatic heterocycles. The highest BCUT2D eigenvalue weighted by Gasteiger charge is 2.29. The number of rotatable bonds is 7. The van der Waals surface area contributed by atoms with Gasteiger partial charge in [-0.3, -0.25) is 4.79 Å². The summed E-state index contributed by atoms with van der Waals surface area (Å²) in [5.41, 5.74) is 6.12. The highest BCUT2D eigenvalue weighted by atomic mass is 16.6. The predicted molar refractivity (Wildman–Crippen MR) is 135 cm³/mol. The van der Waals surface area contributed by atoms with Crippen molar-refractivity contribution in [3.8, 4) is 5.69 Å². The van der Waals surface area contributed by atoms with E-state index in [1.54, 1.807) is 24.3 Å². The van der Waals surface area contributed by atoms with E-state index in [1.807, 2.05) is 20.8 Å². The number of carbonyl (C=O) groups excluding carboxylic acids is 2. The minimum atomic E-state index is -0.697. The topological polar surface area (TPSA) is 176 Å². The number of nitrogens with one attached hydrogen (secondary N) is 3. The molecule has 0 aliphatic heterocycles. The number of anilines is 3. The van der Waals surface area contributed by atoms with Gasteiger partial charge in [-0.2, -0.15) is 9.83 Å². The molecule has 2 heterocycles. The second-order valence-electron chi connectivity index (χ2n) is 9.79. The number of alkyl carbamates (subject to hydrolysis) is 1. The van der Waals surface area contributed by atoms with Crippen LogP contribution >= 0.6 is 0 Å². The lowest BCUT2D eigenvalue weighted by molar-refractivity contribution is -0.688. The van der Waals surface area contributed by atoms with E-state index in [9.17, 15) is 14.8 Å². The molecule has 37 heavy (non-hydrogen) atoms. The van der Waals surface area contributed by atoms with Crippen molar-refractivity contribution in [2.75, 3.05) is 10.6 Å². The Morgan fingerprint density at radius 1 is 1.22 bits per heavy atom. The molecular formula is C24H31N9O4. The number of primary amides is 1. The Morgan fingerprint density at radius 2 is 1.97 bits per heavy atom. The van der Waals surface area contributed by atoms with Crippen molar-refractivity contribution >= 4 is 29.5 Å². The summed E-state index contributed by atoms with van der Waals surface area (Å²) in [6.07, 6.45) is 7.07. The number of nitrogens with two attached hydrogens (primary N) is 1. The van der Waals surface area contributed by atoms with Crippen molar-refractivity contribution in [3.05, 3.63) is 53.6 Å². The summed E-state index contributed by atoms with van der Waals surface area (Å²) in [6, 6.07) is 6.58. The van der Waals surface area contributed by atoms with E-state index < -0.39 is 17.6 Å². The first-order valence-electron chi connectivity index (χ1n) is 12.0. The molecule has 1 aliphatic carbocycles. The van der Waals surface area contributed by atoms with Crippen LogP contribution in [0.1, 0.15) is 56.8 Å². The molecule has 2 amide bonds. The molecule has 1 fully saturated rings. The first-order valence-corrected chi connectivity index (χ1v) is 12.0. The van der Waals surface area contributed by atoms with Gasteiger partial charge in [-0.1, -0.05) is 18.9 Å². The van der Waals surface area contributed by atoms with Gasteiger partial charge in [0.1, 0.15) is 22.7 Å². The molecule has 0 spiro atoms. The van der Waals surface area contributed by atoms with Gasteiger partial charge in [-0.05, 0) is 56.6 Å². The largest absolute Gasteiger partial charge is 0.692 e. The van der Waals surface area contributed by atoms with Crippen molar-refractivity contribution in [1.29, 1.82) is 0 Å². The molecule has 0 bridgehead atoms. The van der Waals surface area contributed by atoms with E-state index in [4.69, 9.17) is 10.5 Å². The molecule has 1 aromatic carbocycles. The summed E-state index contributed by atoms with van der Waals surface area (Å²) >= 11 is 0. The number of ether oxygens (including phenoxy) is 1. The van der Waals surface area contributed by atoms with Crippen LogP contribution in [0.3, 0.4) is 0 Å². The van der Waals surface area contributed by atoms with Gasteiger partial charge in [0.25, 0.3) is 5.91 Å². The van der Waals surface area contributed by atoms with Crippen molar-refractivity contribution in [2.45, 2.75) is 64.1 Å². The Bertz CT molecular complexity index is 1270. The second-order valence-corrected chi connectivity index (χ2v) is 9.79. The van der Waals surface area contributed by atoms with Gasteiger partial charge in [0.15, 0.2) is 6.20 Å². The zero-order valence-corrected chi connectivity index (χ0v) is 21.0. The maximum Gasteiger partial charge on any atom is 0.407 e. The number of nitrogens with zero attached hydrogens (tertiary/aromatic N) is 5. The van der Waals surface area contributed by atoms with Crippen LogP contribution in [0.4, 0.5) is 22.2 Å². The zero-order valence-electron chi connectivity index (χ0n) is 21.0. The SMILES string of the molecule is CC(C)(C)OC(=O)N[C@H]1CCCC[C@H]1Nc1ncc(C(N)=O)c(Nc2cccc(-n3ncc[n+]3[O-])c2)n1. The van der Waals surface area contributed by atoms with Crippen LogP contribution in [0.2, 0.25) is 0 Å². The molecular weight excluding hydrogens is 478 g/mol. The molecule has 5 N–H and O–H groups in total. The molecule has 0 radical (unpaired) electrons. The van der Waals surface area contributed by atoms with E-state index in [0.717, 1.165) is 25.7 Å². The van der Waals surface area contributed by atoms with Crippen molar-refractivity contribution in [3.63, 3.8) is 0 Å². The van der Waals surface area contributed by atoms with Gasteiger partial charge in [-0.25, -0.2) is 9.78 Å². The van der Waals surface area contributed by atoms with Gasteiger partial charge in [-0.15, -0.1) is 0 Å². The molecule has 2 atom stereocenters. The fourth-order valence-corrected chi connectivity index (χ4v) is 4.12. The quantitative estimate of drug-likeness (QED) is 0.275. The lowest BCUT2D eigenvalue weighted by Gasteiger charge is -2.33. The number of carbonyl (C=O) groups is 2. The van der Waals surface area contributed by atoms with Gasteiger partial charge >= 0.3 is 6.09 Å². The third-order valence-electron chi connectivity index (χ3n) is 5.73. The van der Waals surface area contributed by atoms with E-state index in [-0.39, 0.29) is 29.4 Å². The summed E-state index contributed by atoms with van der Waals surface area (Å²) in [4.78, 5) is 35.0. The highest BCUT2D eigenvalue weighted by Crippen LogP contribution is 2.25. The fourth-order valence-electron chi connectivity index (χ4n) is 4.12. The summed E-state index contributed by atoms with van der Waals surface area (Å²) in [7, 11) is 0. The normalized spacial score (nSPS) is 17.6. The molecule has 13 nitrogen and oxygen atoms in total. The van der Waals surface area contributed by atoms with Gasteiger partial charge < -0.3 is 31.6 Å². The average molecular weight is 510 g/mol. The van der Waals surface area contributed by atoms with E-state index in [1.165, 1.54) is 23.4 Å². The van der Waals surface area contributed by atoms with Crippen LogP contribution in [0.15, 0.2) is 42.9 Å². The van der Waals surface area contributed by atoms with Gasteiger partial charge in [0.05, 0.1) is 6.04 Å². The summed E-state index contributed by atoms with van der Waals surface area (Å²) in [6.45, 7) is 5.44. The van der Waals surface area contributed by atoms with E-state index in [0.29, 0.717) is 16.2 Å². The maximum absolute atomic E-state index is 12.4. The number of amides is 2. The third kappa shape index (κ3) is 6.63. The Morgan fingerprint density at radius 3 is 2.65 bits per heavy atom. The minimum absolute atomic E-state index is 0.0982. The molecule has 1 aliphatic rings. The molecule has 1 saturated carbocycles. The Balaban J connectivity index is 1.54. The molecule has 0 saturated heterocycles. The number of aromatic nitrogens is 5. The van der Waals surface area contributed by atoms with Crippen LogP contribution in [0, 0.1) is 5.21 Å². The second kappa shape index (κ2) is 10.7. The van der Waals surface area contributed by atoms with Crippen LogP contribution in [0.25, 0.3) is 5.69 Å². The molecule has 3 aromatic rings. The van der Waals surface area contributed by atoms with Crippen LogP contribution in [-0.2, 0) is 4.74 Å². The van der Waals surface area contributed by atoms with Crippen LogP contribution < -0.4 is 26.5 Å². The lowest BCUT2D eigenvalue weighted by atomic mass is 9.90. The fraction of sp³-hybridized carbons (Fsp3) is 0.417. The van der Waals surface area contributed by atoms with Crippen molar-refractivity contribution in [2.24, 2.45) is 5.73 Å². The smallest absolute Gasteiger partial charge is 0.407 e. The maximum atomic E-state index is 12.4. The Kier molecular flexibility index (Phi) is 7.41. The van der Waals surface area contributed by atoms with E-state index >= 15 is 0 Å². The van der Waals surface area contributed by atoms with Gasteiger partial charge in [0, 0.05) is 23.0 Å².